The fraction of sp³-hybridized carbons (Fsp3) is 0.900. The zero-order valence-corrected chi connectivity index (χ0v) is 16.8. The van der Waals surface area contributed by atoms with E-state index < -0.39 is 6.09 Å². The Balaban J connectivity index is 3.77. The summed E-state index contributed by atoms with van der Waals surface area (Å²) >= 11 is 0. The Bertz CT molecular complexity index is 364. The Kier molecular flexibility index (Phi) is 16.3. The van der Waals surface area contributed by atoms with Gasteiger partial charge in [-0.15, -0.1) is 0 Å². The van der Waals surface area contributed by atoms with E-state index in [2.05, 4.69) is 12.2 Å². The molecule has 0 aliphatic heterocycles. The van der Waals surface area contributed by atoms with Crippen molar-refractivity contribution in [2.75, 3.05) is 19.7 Å². The summed E-state index contributed by atoms with van der Waals surface area (Å²) in [4.78, 5) is 24.5. The summed E-state index contributed by atoms with van der Waals surface area (Å²) in [7, 11) is 0. The minimum Gasteiger partial charge on any atom is -0.465 e. The Morgan fingerprint density at radius 2 is 1.42 bits per heavy atom. The predicted molar refractivity (Wildman–Crippen MR) is 105 cm³/mol. The van der Waals surface area contributed by atoms with E-state index in [0.29, 0.717) is 6.42 Å². The lowest BCUT2D eigenvalue weighted by Crippen LogP contribution is -2.46. The van der Waals surface area contributed by atoms with Crippen LogP contribution in [0.4, 0.5) is 4.79 Å². The molecule has 0 aliphatic carbocycles. The molecule has 2 amide bonds. The summed E-state index contributed by atoms with van der Waals surface area (Å²) in [6.07, 6.45) is 13.0. The van der Waals surface area contributed by atoms with Gasteiger partial charge in [-0.3, -0.25) is 4.79 Å². The highest BCUT2D eigenvalue weighted by Crippen LogP contribution is 2.13. The van der Waals surface area contributed by atoms with Crippen LogP contribution >= 0.6 is 0 Å². The monoisotopic (exact) mass is 372 g/mol. The lowest BCUT2D eigenvalue weighted by atomic mass is 10.0. The van der Waals surface area contributed by atoms with E-state index in [0.717, 1.165) is 12.8 Å². The van der Waals surface area contributed by atoms with Crippen molar-refractivity contribution in [2.24, 2.45) is 0 Å². The molecule has 26 heavy (non-hydrogen) atoms. The molecule has 0 aliphatic rings. The number of aliphatic hydroxyl groups excluding tert-OH is 1. The van der Waals surface area contributed by atoms with Crippen LogP contribution in [-0.2, 0) is 4.79 Å². The Labute approximate surface area is 159 Å². The number of rotatable bonds is 17. The molecule has 0 aromatic carbocycles. The van der Waals surface area contributed by atoms with Crippen molar-refractivity contribution < 1.29 is 19.8 Å². The van der Waals surface area contributed by atoms with Gasteiger partial charge < -0.3 is 20.4 Å². The smallest absolute Gasteiger partial charge is 0.404 e. The zero-order chi connectivity index (χ0) is 19.6. The maximum atomic E-state index is 12.3. The van der Waals surface area contributed by atoms with Crippen LogP contribution < -0.4 is 5.32 Å². The number of nitrogens with one attached hydrogen (secondary N) is 1. The quantitative estimate of drug-likeness (QED) is 0.334. The molecular weight excluding hydrogens is 332 g/mol. The molecule has 1 atom stereocenters. The van der Waals surface area contributed by atoms with Crippen molar-refractivity contribution in [3.63, 3.8) is 0 Å². The summed E-state index contributed by atoms with van der Waals surface area (Å²) in [5, 5.41) is 20.1. The van der Waals surface area contributed by atoms with Gasteiger partial charge in [0, 0.05) is 25.6 Å². The van der Waals surface area contributed by atoms with E-state index >= 15 is 0 Å². The second kappa shape index (κ2) is 17.1. The molecule has 0 fully saturated rings. The minimum absolute atomic E-state index is 0.00494. The summed E-state index contributed by atoms with van der Waals surface area (Å²) in [5.41, 5.74) is 0. The third-order valence-corrected chi connectivity index (χ3v) is 4.74. The molecule has 0 rings (SSSR count). The number of aliphatic hydroxyl groups is 1. The van der Waals surface area contributed by atoms with Crippen LogP contribution in [0.2, 0.25) is 0 Å². The van der Waals surface area contributed by atoms with Crippen molar-refractivity contribution >= 4 is 12.0 Å². The maximum Gasteiger partial charge on any atom is 0.404 e. The summed E-state index contributed by atoms with van der Waals surface area (Å²) in [6, 6.07) is -0.251. The molecule has 3 N–H and O–H groups in total. The van der Waals surface area contributed by atoms with Crippen LogP contribution in [0.5, 0.6) is 0 Å². The maximum absolute atomic E-state index is 12.3. The summed E-state index contributed by atoms with van der Waals surface area (Å²) in [5.74, 6) is -0.00494. The van der Waals surface area contributed by atoms with Gasteiger partial charge >= 0.3 is 6.09 Å². The Morgan fingerprint density at radius 1 is 0.923 bits per heavy atom. The van der Waals surface area contributed by atoms with Crippen molar-refractivity contribution in [1.82, 2.24) is 10.2 Å². The lowest BCUT2D eigenvalue weighted by Gasteiger charge is -2.28. The number of unbranched alkanes of at least 4 members (excludes halogenated alkanes) is 10. The molecule has 0 spiro atoms. The van der Waals surface area contributed by atoms with E-state index in [9.17, 15) is 9.59 Å². The van der Waals surface area contributed by atoms with E-state index in [4.69, 9.17) is 10.2 Å². The molecule has 6 nitrogen and oxygen atoms in total. The summed E-state index contributed by atoms with van der Waals surface area (Å²) < 4.78 is 0. The topological polar surface area (TPSA) is 89.9 Å². The van der Waals surface area contributed by atoms with Crippen molar-refractivity contribution in [3.05, 3.63) is 0 Å². The van der Waals surface area contributed by atoms with Gasteiger partial charge in [0.15, 0.2) is 0 Å². The number of amides is 2. The van der Waals surface area contributed by atoms with E-state index in [-0.39, 0.29) is 31.6 Å². The van der Waals surface area contributed by atoms with Crippen LogP contribution in [0.15, 0.2) is 0 Å². The molecular formula is C20H40N2O4. The zero-order valence-electron chi connectivity index (χ0n) is 16.8. The largest absolute Gasteiger partial charge is 0.465 e. The molecule has 6 heteroatoms. The first kappa shape index (κ1) is 24.7. The van der Waals surface area contributed by atoms with Gasteiger partial charge in [-0.05, 0) is 13.3 Å². The fourth-order valence-corrected chi connectivity index (χ4v) is 3.13. The van der Waals surface area contributed by atoms with Gasteiger partial charge in [0.05, 0.1) is 6.61 Å². The van der Waals surface area contributed by atoms with Gasteiger partial charge in [-0.25, -0.2) is 4.79 Å². The van der Waals surface area contributed by atoms with Gasteiger partial charge in [0.2, 0.25) is 5.91 Å². The van der Waals surface area contributed by atoms with E-state index in [1.165, 1.54) is 57.8 Å². The number of carbonyl (C=O) groups is 2. The molecule has 0 radical (unpaired) electrons. The molecule has 0 aromatic heterocycles. The summed E-state index contributed by atoms with van der Waals surface area (Å²) in [6.45, 7) is 4.35. The van der Waals surface area contributed by atoms with Crippen molar-refractivity contribution in [1.29, 1.82) is 0 Å². The molecule has 1 unspecified atom stereocenters. The first-order valence-corrected chi connectivity index (χ1v) is 10.4. The third-order valence-electron chi connectivity index (χ3n) is 4.74. The molecule has 0 saturated carbocycles. The minimum atomic E-state index is -1.10. The third kappa shape index (κ3) is 13.9. The number of carbonyl (C=O) groups excluding carboxylic acids is 1. The number of hydrogen-bond acceptors (Lipinski definition) is 3. The number of hydrogen-bond donors (Lipinski definition) is 3. The first-order valence-electron chi connectivity index (χ1n) is 10.4. The molecule has 0 saturated heterocycles. The number of nitrogens with zero attached hydrogens (tertiary/aromatic N) is 1. The molecule has 0 heterocycles. The van der Waals surface area contributed by atoms with Crippen LogP contribution in [0.3, 0.4) is 0 Å². The lowest BCUT2D eigenvalue weighted by molar-refractivity contribution is -0.133. The average Bonchev–Trinajstić information content (AvgIpc) is 2.61. The second-order valence-electron chi connectivity index (χ2n) is 7.13. The molecule has 154 valence electrons. The van der Waals surface area contributed by atoms with Crippen molar-refractivity contribution in [2.45, 2.75) is 96.9 Å². The van der Waals surface area contributed by atoms with Gasteiger partial charge in [0.1, 0.15) is 0 Å². The normalized spacial score (nSPS) is 12.0. The molecule has 0 aromatic rings. The fourth-order valence-electron chi connectivity index (χ4n) is 3.13. The molecule has 0 bridgehead atoms. The predicted octanol–water partition coefficient (Wildman–Crippen LogP) is 4.16. The van der Waals surface area contributed by atoms with Gasteiger partial charge in [-0.1, -0.05) is 71.1 Å². The van der Waals surface area contributed by atoms with Crippen LogP contribution in [0.1, 0.15) is 90.9 Å². The van der Waals surface area contributed by atoms with E-state index in [1.807, 2.05) is 0 Å². The first-order chi connectivity index (χ1) is 12.5. The number of carboxylic acid groups (broad SMARTS) is 1. The van der Waals surface area contributed by atoms with Crippen LogP contribution in [0.25, 0.3) is 0 Å². The van der Waals surface area contributed by atoms with Crippen molar-refractivity contribution in [3.8, 4) is 0 Å². The van der Waals surface area contributed by atoms with Crippen LogP contribution in [-0.4, -0.2) is 52.9 Å². The standard InChI is InChI=1S/C20H40N2O4/c1-3-4-5-6-7-8-9-10-11-12-13-14-19(24)22(15-16-23)18(2)17-21-20(25)26/h18,21,23H,3-17H2,1-2H3,(H,25,26). The second-order valence-corrected chi connectivity index (χ2v) is 7.13. The Morgan fingerprint density at radius 3 is 1.88 bits per heavy atom. The highest BCUT2D eigenvalue weighted by atomic mass is 16.4. The van der Waals surface area contributed by atoms with Crippen LogP contribution in [0, 0.1) is 0 Å². The highest BCUT2D eigenvalue weighted by molar-refractivity contribution is 5.76. The highest BCUT2D eigenvalue weighted by Gasteiger charge is 2.19. The average molecular weight is 373 g/mol. The van der Waals surface area contributed by atoms with Gasteiger partial charge in [0.25, 0.3) is 0 Å². The Hall–Kier alpha value is -1.30. The van der Waals surface area contributed by atoms with E-state index in [1.54, 1.807) is 11.8 Å². The van der Waals surface area contributed by atoms with Gasteiger partial charge in [-0.2, -0.15) is 0 Å². The SMILES string of the molecule is CCCCCCCCCCCCCC(=O)N(CCO)C(C)CNC(=O)O.